The highest BCUT2D eigenvalue weighted by atomic mass is 16.5. The van der Waals surface area contributed by atoms with E-state index < -0.39 is 5.63 Å². The molecule has 0 bridgehead atoms. The molecule has 3 rings (SSSR count). The summed E-state index contributed by atoms with van der Waals surface area (Å²) in [5.41, 5.74) is 0.339. The molecule has 6 heteroatoms. The van der Waals surface area contributed by atoms with Crippen molar-refractivity contribution in [2.45, 2.75) is 38.5 Å². The maximum absolute atomic E-state index is 12.3. The van der Waals surface area contributed by atoms with Gasteiger partial charge in [-0.25, -0.2) is 4.79 Å². The van der Waals surface area contributed by atoms with E-state index in [0.717, 1.165) is 57.9 Å². The first-order valence-corrected chi connectivity index (χ1v) is 8.88. The van der Waals surface area contributed by atoms with E-state index in [1.54, 1.807) is 0 Å². The van der Waals surface area contributed by atoms with Crippen LogP contribution in [0, 0.1) is 6.92 Å². The standard InChI is InChI=1S/C18H26N2O4/c1-13-12-15(14-4-2-5-14)24-18(22)16(13)17(21)19-6-3-7-20-8-10-23-11-9-20/h12,14H,2-11H2,1H3,(H,19,21). The molecule has 0 radical (unpaired) electrons. The molecule has 0 atom stereocenters. The molecular formula is C18H26N2O4. The Bertz CT molecular complexity index is 630. The van der Waals surface area contributed by atoms with Crippen molar-refractivity contribution in [3.05, 3.63) is 33.4 Å². The lowest BCUT2D eigenvalue weighted by atomic mass is 9.83. The van der Waals surface area contributed by atoms with Crippen LogP contribution in [0.25, 0.3) is 0 Å². The summed E-state index contributed by atoms with van der Waals surface area (Å²) < 4.78 is 10.7. The van der Waals surface area contributed by atoms with Crippen LogP contribution in [0.15, 0.2) is 15.3 Å². The quantitative estimate of drug-likeness (QED) is 0.801. The van der Waals surface area contributed by atoms with E-state index in [9.17, 15) is 9.59 Å². The molecule has 1 amide bonds. The topological polar surface area (TPSA) is 71.8 Å². The second-order valence-electron chi connectivity index (χ2n) is 6.69. The minimum absolute atomic E-state index is 0.143. The van der Waals surface area contributed by atoms with Gasteiger partial charge in [0.15, 0.2) is 0 Å². The molecule has 1 N–H and O–H groups in total. The third-order valence-electron chi connectivity index (χ3n) is 4.94. The van der Waals surface area contributed by atoms with Crippen molar-refractivity contribution < 1.29 is 13.9 Å². The molecule has 0 aromatic carbocycles. The van der Waals surface area contributed by atoms with Crippen LogP contribution in [0.5, 0.6) is 0 Å². The highest BCUT2D eigenvalue weighted by molar-refractivity contribution is 5.95. The summed E-state index contributed by atoms with van der Waals surface area (Å²) in [6.45, 7) is 6.73. The SMILES string of the molecule is Cc1cc(C2CCC2)oc(=O)c1C(=O)NCCCN1CCOCC1. The molecule has 0 spiro atoms. The largest absolute Gasteiger partial charge is 0.427 e. The zero-order valence-corrected chi connectivity index (χ0v) is 14.3. The molecule has 0 unspecified atom stereocenters. The normalized spacial score (nSPS) is 19.0. The third kappa shape index (κ3) is 4.05. The number of amides is 1. The first-order chi connectivity index (χ1) is 11.6. The first kappa shape index (κ1) is 17.2. The maximum Gasteiger partial charge on any atom is 0.349 e. The minimum atomic E-state index is -0.512. The molecule has 132 valence electrons. The fourth-order valence-electron chi connectivity index (χ4n) is 3.22. The monoisotopic (exact) mass is 334 g/mol. The summed E-state index contributed by atoms with van der Waals surface area (Å²) in [7, 11) is 0. The number of carbonyl (C=O) groups excluding carboxylic acids is 1. The molecule has 1 aromatic heterocycles. The number of rotatable bonds is 6. The van der Waals surface area contributed by atoms with Gasteiger partial charge in [0.05, 0.1) is 13.2 Å². The highest BCUT2D eigenvalue weighted by Crippen LogP contribution is 2.36. The summed E-state index contributed by atoms with van der Waals surface area (Å²) in [5.74, 6) is 0.748. The third-order valence-corrected chi connectivity index (χ3v) is 4.94. The number of morpholine rings is 1. The summed E-state index contributed by atoms with van der Waals surface area (Å²) >= 11 is 0. The van der Waals surface area contributed by atoms with Gasteiger partial charge in [-0.05, 0) is 44.4 Å². The molecule has 1 saturated heterocycles. The molecule has 6 nitrogen and oxygen atoms in total. The van der Waals surface area contributed by atoms with Crippen molar-refractivity contribution in [3.8, 4) is 0 Å². The van der Waals surface area contributed by atoms with Gasteiger partial charge in [0.1, 0.15) is 11.3 Å². The van der Waals surface area contributed by atoms with Crippen molar-refractivity contribution in [2.75, 3.05) is 39.4 Å². The zero-order valence-electron chi connectivity index (χ0n) is 14.3. The van der Waals surface area contributed by atoms with Crippen molar-refractivity contribution in [2.24, 2.45) is 0 Å². The van der Waals surface area contributed by atoms with E-state index >= 15 is 0 Å². The summed E-state index contributed by atoms with van der Waals surface area (Å²) in [5, 5.41) is 2.84. The predicted molar refractivity (Wildman–Crippen MR) is 90.5 cm³/mol. The van der Waals surface area contributed by atoms with Crippen molar-refractivity contribution in [1.29, 1.82) is 0 Å². The molecule has 24 heavy (non-hydrogen) atoms. The van der Waals surface area contributed by atoms with Crippen molar-refractivity contribution in [3.63, 3.8) is 0 Å². The lowest BCUT2D eigenvalue weighted by Gasteiger charge is -2.26. The number of nitrogens with one attached hydrogen (secondary N) is 1. The van der Waals surface area contributed by atoms with E-state index in [-0.39, 0.29) is 11.5 Å². The van der Waals surface area contributed by atoms with Gasteiger partial charge < -0.3 is 14.5 Å². The number of ether oxygens (including phenoxy) is 1. The fourth-order valence-corrected chi connectivity index (χ4v) is 3.22. The molecular weight excluding hydrogens is 308 g/mol. The first-order valence-electron chi connectivity index (χ1n) is 8.88. The zero-order chi connectivity index (χ0) is 16.9. The highest BCUT2D eigenvalue weighted by Gasteiger charge is 2.25. The smallest absolute Gasteiger partial charge is 0.349 e. The Hall–Kier alpha value is -1.66. The van der Waals surface area contributed by atoms with Crippen LogP contribution in [-0.2, 0) is 4.74 Å². The molecule has 2 fully saturated rings. The Kier molecular flexibility index (Phi) is 5.68. The molecule has 2 aliphatic rings. The van der Waals surface area contributed by atoms with Gasteiger partial charge in [0.25, 0.3) is 5.91 Å². The van der Waals surface area contributed by atoms with Gasteiger partial charge in [-0.15, -0.1) is 0 Å². The summed E-state index contributed by atoms with van der Waals surface area (Å²) in [4.78, 5) is 26.8. The molecule has 1 saturated carbocycles. The number of hydrogen-bond donors (Lipinski definition) is 1. The Balaban J connectivity index is 1.51. The number of aryl methyl sites for hydroxylation is 1. The Morgan fingerprint density at radius 3 is 2.71 bits per heavy atom. The number of nitrogens with zero attached hydrogens (tertiary/aromatic N) is 1. The average molecular weight is 334 g/mol. The Labute approximate surface area is 142 Å². The predicted octanol–water partition coefficient (Wildman–Crippen LogP) is 1.67. The van der Waals surface area contributed by atoms with Crippen LogP contribution in [-0.4, -0.2) is 50.2 Å². The molecule has 1 aliphatic heterocycles. The second kappa shape index (κ2) is 7.94. The van der Waals surface area contributed by atoms with Crippen LogP contribution >= 0.6 is 0 Å². The lowest BCUT2D eigenvalue weighted by Crippen LogP contribution is -2.38. The van der Waals surface area contributed by atoms with Crippen LogP contribution in [0.4, 0.5) is 0 Å². The van der Waals surface area contributed by atoms with Gasteiger partial charge in [0, 0.05) is 25.6 Å². The summed E-state index contributed by atoms with van der Waals surface area (Å²) in [6.07, 6.45) is 4.17. The van der Waals surface area contributed by atoms with Gasteiger partial charge in [-0.1, -0.05) is 6.42 Å². The van der Waals surface area contributed by atoms with Gasteiger partial charge in [-0.3, -0.25) is 9.69 Å². The molecule has 1 aromatic rings. The van der Waals surface area contributed by atoms with E-state index in [4.69, 9.17) is 9.15 Å². The van der Waals surface area contributed by atoms with E-state index in [2.05, 4.69) is 10.2 Å². The summed E-state index contributed by atoms with van der Waals surface area (Å²) in [6, 6.07) is 1.86. The Morgan fingerprint density at radius 1 is 1.33 bits per heavy atom. The lowest BCUT2D eigenvalue weighted by molar-refractivity contribution is 0.0374. The van der Waals surface area contributed by atoms with Gasteiger partial charge in [0.2, 0.25) is 0 Å². The van der Waals surface area contributed by atoms with Crippen LogP contribution in [0.2, 0.25) is 0 Å². The fraction of sp³-hybridized carbons (Fsp3) is 0.667. The minimum Gasteiger partial charge on any atom is -0.427 e. The van der Waals surface area contributed by atoms with Crippen LogP contribution in [0.3, 0.4) is 0 Å². The van der Waals surface area contributed by atoms with E-state index in [1.165, 1.54) is 6.42 Å². The Morgan fingerprint density at radius 2 is 2.08 bits per heavy atom. The van der Waals surface area contributed by atoms with Gasteiger partial charge in [-0.2, -0.15) is 0 Å². The van der Waals surface area contributed by atoms with Crippen LogP contribution < -0.4 is 10.9 Å². The second-order valence-corrected chi connectivity index (χ2v) is 6.69. The molecule has 1 aliphatic carbocycles. The van der Waals surface area contributed by atoms with Crippen molar-refractivity contribution in [1.82, 2.24) is 10.2 Å². The number of hydrogen-bond acceptors (Lipinski definition) is 5. The van der Waals surface area contributed by atoms with Crippen LogP contribution in [0.1, 0.15) is 53.3 Å². The van der Waals surface area contributed by atoms with Crippen molar-refractivity contribution >= 4 is 5.91 Å². The number of carbonyl (C=O) groups is 1. The van der Waals surface area contributed by atoms with E-state index in [1.807, 2.05) is 13.0 Å². The molecule has 2 heterocycles. The average Bonchev–Trinajstić information content (AvgIpc) is 2.50. The van der Waals surface area contributed by atoms with Gasteiger partial charge >= 0.3 is 5.63 Å². The van der Waals surface area contributed by atoms with E-state index in [0.29, 0.717) is 18.0 Å². The maximum atomic E-state index is 12.3.